The van der Waals surface area contributed by atoms with Crippen LogP contribution < -0.4 is 10.2 Å². The Morgan fingerprint density at radius 2 is 2.13 bits per heavy atom. The number of amides is 1. The third-order valence-electron chi connectivity index (χ3n) is 4.27. The van der Waals surface area contributed by atoms with Crippen LogP contribution in [0.5, 0.6) is 0 Å². The van der Waals surface area contributed by atoms with Crippen molar-refractivity contribution in [1.29, 1.82) is 0 Å². The molecule has 1 aliphatic heterocycles. The normalized spacial score (nSPS) is 16.1. The summed E-state index contributed by atoms with van der Waals surface area (Å²) in [5.41, 5.74) is 3.35. The highest BCUT2D eigenvalue weighted by molar-refractivity contribution is 7.09. The van der Waals surface area contributed by atoms with Crippen LogP contribution in [0.2, 0.25) is 0 Å². The lowest BCUT2D eigenvalue weighted by molar-refractivity contribution is -0.117. The van der Waals surface area contributed by atoms with Crippen molar-refractivity contribution in [1.82, 2.24) is 10.3 Å². The van der Waals surface area contributed by atoms with Gasteiger partial charge in [-0.1, -0.05) is 19.1 Å². The monoisotopic (exact) mass is 329 g/mol. The summed E-state index contributed by atoms with van der Waals surface area (Å²) in [4.78, 5) is 18.2. The summed E-state index contributed by atoms with van der Waals surface area (Å²) < 4.78 is 0. The molecule has 2 aromatic rings. The average molecular weight is 329 g/mol. The average Bonchev–Trinajstić information content (AvgIpc) is 3.21. The first-order valence-corrected chi connectivity index (χ1v) is 9.12. The molecule has 0 aliphatic carbocycles. The maximum atomic E-state index is 11.8. The molecule has 5 heteroatoms. The maximum absolute atomic E-state index is 11.8. The first-order valence-electron chi connectivity index (χ1n) is 8.24. The first kappa shape index (κ1) is 16.1. The van der Waals surface area contributed by atoms with Crippen LogP contribution in [0.4, 0.5) is 5.69 Å². The number of nitrogens with one attached hydrogen (secondary N) is 1. The molecule has 0 bridgehead atoms. The summed E-state index contributed by atoms with van der Waals surface area (Å²) in [6.07, 6.45) is 2.63. The number of hydrogen-bond donors (Lipinski definition) is 1. The fraction of sp³-hybridized carbons (Fsp3) is 0.444. The molecule has 23 heavy (non-hydrogen) atoms. The van der Waals surface area contributed by atoms with E-state index >= 15 is 0 Å². The van der Waals surface area contributed by atoms with Crippen LogP contribution in [-0.2, 0) is 17.8 Å². The number of carbonyl (C=O) groups is 1. The molecule has 122 valence electrons. The molecule has 1 aliphatic rings. The summed E-state index contributed by atoms with van der Waals surface area (Å²) in [6.45, 7) is 5.91. The van der Waals surface area contributed by atoms with Gasteiger partial charge < -0.3 is 10.2 Å². The van der Waals surface area contributed by atoms with Gasteiger partial charge in [0, 0.05) is 36.6 Å². The zero-order valence-electron chi connectivity index (χ0n) is 13.7. The minimum absolute atomic E-state index is 0.235. The van der Waals surface area contributed by atoms with E-state index in [0.29, 0.717) is 6.42 Å². The smallest absolute Gasteiger partial charge is 0.227 e. The Hall–Kier alpha value is -1.72. The second kappa shape index (κ2) is 7.23. The number of thiazole rings is 1. The Bertz CT molecular complexity index is 665. The highest BCUT2D eigenvalue weighted by Crippen LogP contribution is 2.23. The predicted octanol–water partition coefficient (Wildman–Crippen LogP) is 3.68. The number of aromatic nitrogens is 1. The van der Waals surface area contributed by atoms with Crippen molar-refractivity contribution in [3.63, 3.8) is 0 Å². The summed E-state index contributed by atoms with van der Waals surface area (Å²) in [7, 11) is 0. The highest BCUT2D eigenvalue weighted by Gasteiger charge is 2.21. The molecule has 0 radical (unpaired) electrons. The molecule has 1 saturated heterocycles. The van der Waals surface area contributed by atoms with Crippen molar-refractivity contribution in [2.75, 3.05) is 11.4 Å². The number of nitrogens with zero attached hydrogens (tertiary/aromatic N) is 2. The van der Waals surface area contributed by atoms with E-state index in [1.807, 2.05) is 4.90 Å². The van der Waals surface area contributed by atoms with Gasteiger partial charge in [0.2, 0.25) is 5.91 Å². The molecule has 2 heterocycles. The van der Waals surface area contributed by atoms with Gasteiger partial charge in [-0.15, -0.1) is 11.3 Å². The van der Waals surface area contributed by atoms with Crippen molar-refractivity contribution in [2.45, 2.75) is 45.7 Å². The molecule has 3 rings (SSSR count). The number of benzene rings is 1. The molecule has 1 atom stereocenters. The zero-order chi connectivity index (χ0) is 16.2. The fourth-order valence-electron chi connectivity index (χ4n) is 2.83. The summed E-state index contributed by atoms with van der Waals surface area (Å²) in [6, 6.07) is 8.57. The Labute approximate surface area is 141 Å². The van der Waals surface area contributed by atoms with Crippen molar-refractivity contribution in [3.8, 4) is 0 Å². The SMILES string of the molecule is CCc1nc(CN[C@H](C)c2ccc(N3CCCC3=O)cc2)cs1. The van der Waals surface area contributed by atoms with E-state index in [9.17, 15) is 4.79 Å². The van der Waals surface area contributed by atoms with Gasteiger partial charge in [-0.05, 0) is 37.5 Å². The number of hydrogen-bond acceptors (Lipinski definition) is 4. The lowest BCUT2D eigenvalue weighted by Gasteiger charge is -2.18. The van der Waals surface area contributed by atoms with Gasteiger partial charge in [0.15, 0.2) is 0 Å². The molecule has 0 spiro atoms. The van der Waals surface area contributed by atoms with Gasteiger partial charge in [-0.25, -0.2) is 4.98 Å². The molecule has 1 aromatic heterocycles. The molecule has 1 amide bonds. The van der Waals surface area contributed by atoms with Crippen LogP contribution in [0.25, 0.3) is 0 Å². The van der Waals surface area contributed by atoms with Gasteiger partial charge in [-0.2, -0.15) is 0 Å². The van der Waals surface area contributed by atoms with Gasteiger partial charge in [0.25, 0.3) is 0 Å². The van der Waals surface area contributed by atoms with Crippen LogP contribution in [0, 0.1) is 0 Å². The van der Waals surface area contributed by atoms with Crippen LogP contribution >= 0.6 is 11.3 Å². The summed E-state index contributed by atoms with van der Waals surface area (Å²) >= 11 is 1.72. The Balaban J connectivity index is 1.58. The number of carbonyl (C=O) groups excluding carboxylic acids is 1. The first-order chi connectivity index (χ1) is 11.2. The van der Waals surface area contributed by atoms with Crippen LogP contribution in [0.15, 0.2) is 29.6 Å². The highest BCUT2D eigenvalue weighted by atomic mass is 32.1. The van der Waals surface area contributed by atoms with E-state index < -0.39 is 0 Å². The number of anilines is 1. The van der Waals surface area contributed by atoms with Crippen molar-refractivity contribution in [2.24, 2.45) is 0 Å². The van der Waals surface area contributed by atoms with E-state index in [0.717, 1.165) is 37.3 Å². The quantitative estimate of drug-likeness (QED) is 0.879. The minimum Gasteiger partial charge on any atom is -0.312 e. The van der Waals surface area contributed by atoms with E-state index in [2.05, 4.69) is 53.8 Å². The van der Waals surface area contributed by atoms with Crippen molar-refractivity contribution >= 4 is 22.9 Å². The van der Waals surface area contributed by atoms with Crippen molar-refractivity contribution in [3.05, 3.63) is 45.9 Å². The van der Waals surface area contributed by atoms with Crippen LogP contribution in [0.1, 0.15) is 49.0 Å². The van der Waals surface area contributed by atoms with E-state index in [-0.39, 0.29) is 11.9 Å². The minimum atomic E-state index is 0.235. The van der Waals surface area contributed by atoms with Gasteiger partial charge in [0.1, 0.15) is 0 Å². The predicted molar refractivity (Wildman–Crippen MR) is 94.8 cm³/mol. The third kappa shape index (κ3) is 3.79. The standard InChI is InChI=1S/C18H23N3OS/c1-3-17-20-15(12-23-17)11-19-13(2)14-6-8-16(9-7-14)21-10-4-5-18(21)22/h6-9,12-13,19H,3-5,10-11H2,1-2H3/t13-/m1/s1. The molecule has 1 fully saturated rings. The molecular weight excluding hydrogens is 306 g/mol. The summed E-state index contributed by atoms with van der Waals surface area (Å²) in [5.74, 6) is 0.235. The maximum Gasteiger partial charge on any atom is 0.227 e. The van der Waals surface area contributed by atoms with Crippen molar-refractivity contribution < 1.29 is 4.79 Å². The molecule has 4 nitrogen and oxygen atoms in total. The van der Waals surface area contributed by atoms with Crippen LogP contribution in [0.3, 0.4) is 0 Å². The Kier molecular flexibility index (Phi) is 5.08. The second-order valence-electron chi connectivity index (χ2n) is 5.93. The van der Waals surface area contributed by atoms with E-state index in [1.165, 1.54) is 10.6 Å². The molecular formula is C18H23N3OS. The Morgan fingerprint density at radius 3 is 2.74 bits per heavy atom. The number of aryl methyl sites for hydroxylation is 1. The fourth-order valence-corrected chi connectivity index (χ4v) is 3.58. The van der Waals surface area contributed by atoms with Crippen LogP contribution in [-0.4, -0.2) is 17.4 Å². The van der Waals surface area contributed by atoms with Gasteiger partial charge in [-0.3, -0.25) is 4.79 Å². The van der Waals surface area contributed by atoms with Gasteiger partial charge in [0.05, 0.1) is 10.7 Å². The lowest BCUT2D eigenvalue weighted by Crippen LogP contribution is -2.23. The molecule has 0 saturated carbocycles. The van der Waals surface area contributed by atoms with E-state index in [1.54, 1.807) is 11.3 Å². The zero-order valence-corrected chi connectivity index (χ0v) is 14.5. The lowest BCUT2D eigenvalue weighted by atomic mass is 10.1. The largest absolute Gasteiger partial charge is 0.312 e. The van der Waals surface area contributed by atoms with Gasteiger partial charge >= 0.3 is 0 Å². The molecule has 0 unspecified atom stereocenters. The third-order valence-corrected chi connectivity index (χ3v) is 5.31. The molecule has 1 aromatic carbocycles. The summed E-state index contributed by atoms with van der Waals surface area (Å²) in [5, 5.41) is 6.83. The van der Waals surface area contributed by atoms with E-state index in [4.69, 9.17) is 0 Å². The number of rotatable bonds is 6. The Morgan fingerprint density at radius 1 is 1.35 bits per heavy atom. The topological polar surface area (TPSA) is 45.2 Å². The second-order valence-corrected chi connectivity index (χ2v) is 6.87. The molecule has 1 N–H and O–H groups in total.